The fourth-order valence-corrected chi connectivity index (χ4v) is 0.873. The summed E-state index contributed by atoms with van der Waals surface area (Å²) in [6.45, 7) is 2.19. The van der Waals surface area contributed by atoms with Gasteiger partial charge in [0.2, 0.25) is 0 Å². The van der Waals surface area contributed by atoms with Gasteiger partial charge in [-0.2, -0.15) is 12.7 Å². The lowest BCUT2D eigenvalue weighted by molar-refractivity contribution is 0.447. The lowest BCUT2D eigenvalue weighted by Gasteiger charge is -2.14. The average molecular weight is 181 g/mol. The van der Waals surface area contributed by atoms with Crippen molar-refractivity contribution in [2.24, 2.45) is 10.9 Å². The van der Waals surface area contributed by atoms with Crippen LogP contribution in [0.4, 0.5) is 0 Å². The van der Waals surface area contributed by atoms with Crippen LogP contribution in [0.3, 0.4) is 0 Å². The normalized spacial score (nSPS) is 15.4. The molecule has 11 heavy (non-hydrogen) atoms. The zero-order valence-corrected chi connectivity index (χ0v) is 7.63. The molecule has 4 N–H and O–H groups in total. The summed E-state index contributed by atoms with van der Waals surface area (Å²) in [5, 5.41) is 4.82. The summed E-state index contributed by atoms with van der Waals surface area (Å²) in [6.07, 6.45) is 0.618. The van der Waals surface area contributed by atoms with Crippen molar-refractivity contribution in [2.45, 2.75) is 19.4 Å². The number of hydrogen-bond acceptors (Lipinski definition) is 3. The topological polar surface area (TPSA) is 89.4 Å². The molecule has 0 bridgehead atoms. The minimum Gasteiger partial charge on any atom is -0.328 e. The Labute approximate surface area is 67.5 Å². The van der Waals surface area contributed by atoms with Crippen LogP contribution in [0.25, 0.3) is 0 Å². The van der Waals surface area contributed by atoms with Gasteiger partial charge in [-0.05, 0) is 13.3 Å². The Bertz CT molecular complexity index is 200. The van der Waals surface area contributed by atoms with Crippen LogP contribution in [-0.2, 0) is 10.2 Å². The zero-order chi connectivity index (χ0) is 9.07. The lowest BCUT2D eigenvalue weighted by atomic mass is 10.2. The van der Waals surface area contributed by atoms with E-state index in [1.165, 1.54) is 7.05 Å². The maximum absolute atomic E-state index is 10.6. The lowest BCUT2D eigenvalue weighted by Crippen LogP contribution is -2.35. The first-order valence-corrected chi connectivity index (χ1v) is 4.84. The van der Waals surface area contributed by atoms with Crippen molar-refractivity contribution in [3.8, 4) is 0 Å². The van der Waals surface area contributed by atoms with E-state index in [0.717, 1.165) is 4.31 Å². The summed E-state index contributed by atoms with van der Waals surface area (Å²) in [4.78, 5) is 0. The van der Waals surface area contributed by atoms with Gasteiger partial charge >= 0.3 is 0 Å². The zero-order valence-electron chi connectivity index (χ0n) is 6.82. The van der Waals surface area contributed by atoms with Gasteiger partial charge in [-0.25, -0.2) is 5.14 Å². The molecule has 0 spiro atoms. The van der Waals surface area contributed by atoms with Crippen LogP contribution < -0.4 is 10.9 Å². The minimum atomic E-state index is -3.52. The summed E-state index contributed by atoms with van der Waals surface area (Å²) in [7, 11) is -2.09. The van der Waals surface area contributed by atoms with E-state index >= 15 is 0 Å². The molecule has 0 saturated heterocycles. The number of nitrogens with zero attached hydrogens (tertiary/aromatic N) is 1. The minimum absolute atomic E-state index is 0.000741. The highest BCUT2D eigenvalue weighted by atomic mass is 32.2. The van der Waals surface area contributed by atoms with Crippen LogP contribution in [0.2, 0.25) is 0 Å². The first-order valence-electron chi connectivity index (χ1n) is 3.33. The molecular weight excluding hydrogens is 166 g/mol. The molecule has 0 aromatic heterocycles. The molecule has 0 rings (SSSR count). The maximum atomic E-state index is 10.6. The van der Waals surface area contributed by atoms with E-state index < -0.39 is 10.2 Å². The van der Waals surface area contributed by atoms with Crippen molar-refractivity contribution in [3.63, 3.8) is 0 Å². The van der Waals surface area contributed by atoms with Crippen molar-refractivity contribution in [1.82, 2.24) is 4.31 Å². The van der Waals surface area contributed by atoms with Gasteiger partial charge in [0.1, 0.15) is 0 Å². The Kier molecular flexibility index (Phi) is 3.95. The van der Waals surface area contributed by atoms with Gasteiger partial charge in [-0.1, -0.05) is 0 Å². The Hall–Kier alpha value is -0.170. The molecule has 1 atom stereocenters. The summed E-state index contributed by atoms with van der Waals surface area (Å²) < 4.78 is 22.3. The van der Waals surface area contributed by atoms with Gasteiger partial charge in [-0.3, -0.25) is 0 Å². The van der Waals surface area contributed by atoms with Gasteiger partial charge < -0.3 is 5.73 Å². The van der Waals surface area contributed by atoms with E-state index in [1.807, 2.05) is 6.92 Å². The highest BCUT2D eigenvalue weighted by Gasteiger charge is 2.10. The van der Waals surface area contributed by atoms with Crippen molar-refractivity contribution in [3.05, 3.63) is 0 Å². The van der Waals surface area contributed by atoms with Crippen LogP contribution in [0.5, 0.6) is 0 Å². The molecule has 0 heterocycles. The molecule has 6 heteroatoms. The van der Waals surface area contributed by atoms with Gasteiger partial charge in [0.25, 0.3) is 10.2 Å². The van der Waals surface area contributed by atoms with Gasteiger partial charge in [0.15, 0.2) is 0 Å². The molecule has 0 aromatic rings. The van der Waals surface area contributed by atoms with E-state index in [1.54, 1.807) is 0 Å². The predicted molar refractivity (Wildman–Crippen MR) is 44.0 cm³/mol. The summed E-state index contributed by atoms with van der Waals surface area (Å²) in [6, 6.07) is -0.000741. The van der Waals surface area contributed by atoms with Gasteiger partial charge in [-0.15, -0.1) is 0 Å². The molecule has 0 saturated carbocycles. The molecule has 0 amide bonds. The summed E-state index contributed by atoms with van der Waals surface area (Å²) in [5.41, 5.74) is 5.42. The van der Waals surface area contributed by atoms with E-state index in [2.05, 4.69) is 0 Å². The Morgan fingerprint density at radius 3 is 2.27 bits per heavy atom. The van der Waals surface area contributed by atoms with Crippen molar-refractivity contribution in [2.75, 3.05) is 13.6 Å². The standard InChI is InChI=1S/C5H15N3O2S/c1-5(6)3-4-8(2)11(7,9)10/h5H,3-4,6H2,1-2H3,(H2,7,9,10). The fraction of sp³-hybridized carbons (Fsp3) is 1.00. The first kappa shape index (κ1) is 10.8. The highest BCUT2D eigenvalue weighted by molar-refractivity contribution is 7.86. The number of nitrogens with two attached hydrogens (primary N) is 2. The largest absolute Gasteiger partial charge is 0.328 e. The Balaban J connectivity index is 3.81. The monoisotopic (exact) mass is 181 g/mol. The fourth-order valence-electron chi connectivity index (χ4n) is 0.513. The van der Waals surface area contributed by atoms with E-state index in [9.17, 15) is 8.42 Å². The summed E-state index contributed by atoms with van der Waals surface area (Å²) in [5.74, 6) is 0. The Morgan fingerprint density at radius 2 is 2.00 bits per heavy atom. The molecule has 0 aliphatic heterocycles. The average Bonchev–Trinajstić information content (AvgIpc) is 1.80. The predicted octanol–water partition coefficient (Wildman–Crippen LogP) is -1.14. The third kappa shape index (κ3) is 5.14. The van der Waals surface area contributed by atoms with E-state index in [0.29, 0.717) is 13.0 Å². The molecule has 0 aliphatic rings. The second-order valence-corrected chi connectivity index (χ2v) is 4.29. The quantitative estimate of drug-likeness (QED) is 0.574. The van der Waals surface area contributed by atoms with Crippen LogP contribution in [0.15, 0.2) is 0 Å². The third-order valence-electron chi connectivity index (χ3n) is 1.33. The van der Waals surface area contributed by atoms with Crippen LogP contribution in [-0.4, -0.2) is 32.4 Å². The summed E-state index contributed by atoms with van der Waals surface area (Å²) >= 11 is 0. The Morgan fingerprint density at radius 1 is 1.55 bits per heavy atom. The molecule has 1 unspecified atom stereocenters. The smallest absolute Gasteiger partial charge is 0.276 e. The highest BCUT2D eigenvalue weighted by Crippen LogP contribution is 1.93. The van der Waals surface area contributed by atoms with Crippen LogP contribution in [0.1, 0.15) is 13.3 Å². The van der Waals surface area contributed by atoms with E-state index in [4.69, 9.17) is 10.9 Å². The molecule has 0 aromatic carbocycles. The second kappa shape index (κ2) is 4.01. The van der Waals surface area contributed by atoms with Gasteiger partial charge in [0.05, 0.1) is 0 Å². The molecule has 0 fully saturated rings. The van der Waals surface area contributed by atoms with Crippen molar-refractivity contribution >= 4 is 10.2 Å². The van der Waals surface area contributed by atoms with Crippen LogP contribution >= 0.6 is 0 Å². The SMILES string of the molecule is CC(N)CCN(C)S(N)(=O)=O. The van der Waals surface area contributed by atoms with Crippen molar-refractivity contribution in [1.29, 1.82) is 0 Å². The molecule has 5 nitrogen and oxygen atoms in total. The molecule has 0 aliphatic carbocycles. The maximum Gasteiger partial charge on any atom is 0.276 e. The number of rotatable bonds is 4. The van der Waals surface area contributed by atoms with Crippen molar-refractivity contribution < 1.29 is 8.42 Å². The first-order chi connectivity index (χ1) is 4.84. The van der Waals surface area contributed by atoms with Gasteiger partial charge in [0, 0.05) is 19.6 Å². The molecule has 0 radical (unpaired) electrons. The number of hydrogen-bond donors (Lipinski definition) is 2. The molecular formula is C5H15N3O2S. The van der Waals surface area contributed by atoms with Crippen LogP contribution in [0, 0.1) is 0 Å². The van der Waals surface area contributed by atoms with E-state index in [-0.39, 0.29) is 6.04 Å². The third-order valence-corrected chi connectivity index (χ3v) is 2.39. The molecule has 68 valence electrons. The second-order valence-electron chi connectivity index (χ2n) is 2.63.